The van der Waals surface area contributed by atoms with E-state index in [-0.39, 0.29) is 99.1 Å². The van der Waals surface area contributed by atoms with Crippen molar-refractivity contribution in [3.63, 3.8) is 0 Å². The van der Waals surface area contributed by atoms with Crippen LogP contribution in [0, 0.1) is 5.41 Å². The molecule has 0 amide bonds. The zero-order valence-electron chi connectivity index (χ0n) is 19.3. The van der Waals surface area contributed by atoms with E-state index < -0.39 is 5.41 Å². The van der Waals surface area contributed by atoms with Crippen LogP contribution in [0.25, 0.3) is 0 Å². The Labute approximate surface area is 235 Å². The van der Waals surface area contributed by atoms with Gasteiger partial charge < -0.3 is 28.4 Å². The number of esters is 3. The van der Waals surface area contributed by atoms with Crippen molar-refractivity contribution in [1.82, 2.24) is 0 Å². The van der Waals surface area contributed by atoms with Gasteiger partial charge in [-0.15, -0.1) is 0 Å². The predicted octanol–water partition coefficient (Wildman–Crippen LogP) is 3.93. The molecular formula is C24H50O9S3. The molecule has 0 saturated carbocycles. The summed E-state index contributed by atoms with van der Waals surface area (Å²) in [6, 6.07) is 0. The van der Waals surface area contributed by atoms with E-state index >= 15 is 0 Å². The van der Waals surface area contributed by atoms with Gasteiger partial charge >= 0.3 is 17.9 Å². The van der Waals surface area contributed by atoms with Crippen LogP contribution in [0.1, 0.15) is 54.9 Å². The van der Waals surface area contributed by atoms with Crippen LogP contribution in [0.15, 0.2) is 0 Å². The van der Waals surface area contributed by atoms with E-state index in [1.807, 2.05) is 6.92 Å². The zero-order chi connectivity index (χ0) is 24.8. The largest absolute Gasteiger partial charge is 0.463 e. The van der Waals surface area contributed by atoms with Crippen molar-refractivity contribution >= 4 is 55.8 Å². The minimum absolute atomic E-state index is 0. The highest BCUT2D eigenvalue weighted by Crippen LogP contribution is 2.24. The zero-order valence-corrected chi connectivity index (χ0v) is 22.0. The van der Waals surface area contributed by atoms with Crippen molar-refractivity contribution in [3.05, 3.63) is 0 Å². The second-order valence-corrected chi connectivity index (χ2v) is 8.44. The fraction of sp³-hybridized carbons (Fsp3) is 0.875. The SMILES string of the molecule is C.C.C.CCC(COCCOC(=O)CCS)(COCCOC(=O)CCS)COCCOC(=O)CCS. The van der Waals surface area contributed by atoms with Gasteiger partial charge in [-0.25, -0.2) is 0 Å². The van der Waals surface area contributed by atoms with Gasteiger partial charge in [0.25, 0.3) is 0 Å². The number of ether oxygens (including phenoxy) is 6. The minimum atomic E-state index is -0.473. The molecule has 0 radical (unpaired) electrons. The molecular weight excluding hydrogens is 528 g/mol. The average Bonchev–Trinajstić information content (AvgIpc) is 2.78. The number of hydrogen-bond donors (Lipinski definition) is 3. The number of rotatable bonds is 22. The Morgan fingerprint density at radius 3 is 1.06 bits per heavy atom. The normalized spacial score (nSPS) is 10.3. The molecule has 0 heterocycles. The highest BCUT2D eigenvalue weighted by Gasteiger charge is 2.30. The molecule has 36 heavy (non-hydrogen) atoms. The van der Waals surface area contributed by atoms with E-state index in [1.54, 1.807) is 0 Å². The van der Waals surface area contributed by atoms with Crippen molar-refractivity contribution in [2.45, 2.75) is 54.9 Å². The van der Waals surface area contributed by atoms with Gasteiger partial charge in [0.15, 0.2) is 0 Å². The lowest BCUT2D eigenvalue weighted by Crippen LogP contribution is -2.38. The van der Waals surface area contributed by atoms with Crippen molar-refractivity contribution in [3.8, 4) is 0 Å². The molecule has 0 aliphatic heterocycles. The number of hydrogen-bond acceptors (Lipinski definition) is 12. The van der Waals surface area contributed by atoms with E-state index in [4.69, 9.17) is 28.4 Å². The smallest absolute Gasteiger partial charge is 0.306 e. The van der Waals surface area contributed by atoms with Crippen LogP contribution >= 0.6 is 37.9 Å². The maximum atomic E-state index is 11.4. The molecule has 0 aromatic heterocycles. The second-order valence-electron chi connectivity index (χ2n) is 7.09. The predicted molar refractivity (Wildman–Crippen MR) is 154 cm³/mol. The third kappa shape index (κ3) is 23.7. The topological polar surface area (TPSA) is 107 Å². The maximum Gasteiger partial charge on any atom is 0.306 e. The van der Waals surface area contributed by atoms with E-state index in [9.17, 15) is 14.4 Å². The highest BCUT2D eigenvalue weighted by atomic mass is 32.1. The lowest BCUT2D eigenvalue weighted by atomic mass is 9.88. The summed E-state index contributed by atoms with van der Waals surface area (Å²) in [5.41, 5.74) is -0.473. The number of thiol groups is 3. The summed E-state index contributed by atoms with van der Waals surface area (Å²) in [5.74, 6) is 0.342. The third-order valence-electron chi connectivity index (χ3n) is 4.39. The molecule has 0 spiro atoms. The molecule has 0 rings (SSSR count). The quantitative estimate of drug-likeness (QED) is 0.0762. The molecule has 12 heteroatoms. The van der Waals surface area contributed by atoms with Crippen molar-refractivity contribution in [1.29, 1.82) is 0 Å². The van der Waals surface area contributed by atoms with Crippen LogP contribution in [0.5, 0.6) is 0 Å². The Morgan fingerprint density at radius 2 is 0.833 bits per heavy atom. The standard InChI is InChI=1S/C21H38O9S3.3CH4/c1-2-21(15-25-6-9-28-18(22)3-12-31,16-26-7-10-29-19(23)4-13-32)17-27-8-11-30-20(24)5-14-33;;;/h31-33H,2-17H2,1H3;3*1H4. The van der Waals surface area contributed by atoms with E-state index in [2.05, 4.69) is 37.9 Å². The van der Waals surface area contributed by atoms with Gasteiger partial charge in [0, 0.05) is 22.7 Å². The molecule has 218 valence electrons. The Kier molecular flexibility index (Phi) is 34.1. The first kappa shape index (κ1) is 42.4. The van der Waals surface area contributed by atoms with Crippen LogP contribution in [-0.2, 0) is 42.8 Å². The second kappa shape index (κ2) is 28.9. The minimum Gasteiger partial charge on any atom is -0.463 e. The lowest BCUT2D eigenvalue weighted by molar-refractivity contribution is -0.146. The Hall–Kier alpha value is -0.660. The third-order valence-corrected chi connectivity index (χ3v) is 5.07. The molecule has 0 fully saturated rings. The molecule has 0 unspecified atom stereocenters. The van der Waals surface area contributed by atoms with Crippen LogP contribution < -0.4 is 0 Å². The van der Waals surface area contributed by atoms with Gasteiger partial charge in [0.1, 0.15) is 19.8 Å². The summed E-state index contributed by atoms with van der Waals surface area (Å²) in [4.78, 5) is 34.2. The van der Waals surface area contributed by atoms with Crippen LogP contribution in [0.2, 0.25) is 0 Å². The molecule has 0 aliphatic carbocycles. The molecule has 0 aliphatic rings. The van der Waals surface area contributed by atoms with Gasteiger partial charge in [-0.1, -0.05) is 29.2 Å². The van der Waals surface area contributed by atoms with Crippen molar-refractivity contribution in [2.75, 3.05) is 76.7 Å². The molecule has 0 aromatic rings. The lowest BCUT2D eigenvalue weighted by Gasteiger charge is -2.32. The van der Waals surface area contributed by atoms with Crippen molar-refractivity contribution < 1.29 is 42.8 Å². The Bertz CT molecular complexity index is 468. The molecule has 0 N–H and O–H groups in total. The summed E-state index contributed by atoms with van der Waals surface area (Å²) < 4.78 is 32.4. The summed E-state index contributed by atoms with van der Waals surface area (Å²) in [6.07, 6.45) is 1.44. The Morgan fingerprint density at radius 1 is 0.556 bits per heavy atom. The first-order valence-electron chi connectivity index (χ1n) is 11.0. The van der Waals surface area contributed by atoms with Gasteiger partial charge in [0.05, 0.1) is 58.9 Å². The van der Waals surface area contributed by atoms with E-state index in [0.29, 0.717) is 43.5 Å². The average molecular weight is 579 g/mol. The van der Waals surface area contributed by atoms with Crippen molar-refractivity contribution in [2.24, 2.45) is 5.41 Å². The van der Waals surface area contributed by atoms with Crippen LogP contribution in [0.4, 0.5) is 0 Å². The molecule has 9 nitrogen and oxygen atoms in total. The van der Waals surface area contributed by atoms with Gasteiger partial charge in [0.2, 0.25) is 0 Å². The summed E-state index contributed by atoms with van der Waals surface area (Å²) in [7, 11) is 0. The van der Waals surface area contributed by atoms with Gasteiger partial charge in [-0.2, -0.15) is 37.9 Å². The van der Waals surface area contributed by atoms with Gasteiger partial charge in [-0.3, -0.25) is 14.4 Å². The number of carbonyl (C=O) groups excluding carboxylic acids is 3. The Balaban J connectivity index is -0.00000171. The monoisotopic (exact) mass is 578 g/mol. The van der Waals surface area contributed by atoms with Gasteiger partial charge in [-0.05, 0) is 6.42 Å². The molecule has 0 aromatic carbocycles. The van der Waals surface area contributed by atoms with E-state index in [0.717, 1.165) is 0 Å². The summed E-state index contributed by atoms with van der Waals surface area (Å²) in [6.45, 7) is 4.09. The number of carbonyl (C=O) groups is 3. The molecule has 0 atom stereocenters. The first-order valence-corrected chi connectivity index (χ1v) is 12.9. The molecule has 0 bridgehead atoms. The summed E-state index contributed by atoms with van der Waals surface area (Å²) in [5, 5.41) is 0. The highest BCUT2D eigenvalue weighted by molar-refractivity contribution is 7.80. The van der Waals surface area contributed by atoms with Crippen LogP contribution in [-0.4, -0.2) is 94.6 Å². The molecule has 0 saturated heterocycles. The van der Waals surface area contributed by atoms with Crippen LogP contribution in [0.3, 0.4) is 0 Å². The van der Waals surface area contributed by atoms with E-state index in [1.165, 1.54) is 0 Å². The summed E-state index contributed by atoms with van der Waals surface area (Å²) >= 11 is 12.0. The fourth-order valence-corrected chi connectivity index (χ4v) is 2.98. The first-order chi connectivity index (χ1) is 15.9. The maximum absolute atomic E-state index is 11.4. The fourth-order valence-electron chi connectivity index (χ4n) is 2.43.